The summed E-state index contributed by atoms with van der Waals surface area (Å²) in [6, 6.07) is 4.37. The molecule has 0 spiro atoms. The first-order valence-corrected chi connectivity index (χ1v) is 5.29. The molecule has 1 aromatic rings. The first kappa shape index (κ1) is 12.0. The first-order valence-electron chi connectivity index (χ1n) is 5.29. The van der Waals surface area contributed by atoms with Crippen molar-refractivity contribution in [2.75, 3.05) is 0 Å². The summed E-state index contributed by atoms with van der Waals surface area (Å²) in [5.74, 6) is -4.31. The Hall–Kier alpha value is -1.49. The summed E-state index contributed by atoms with van der Waals surface area (Å²) in [7, 11) is 0. The molecule has 1 heterocycles. The van der Waals surface area contributed by atoms with E-state index in [1.807, 2.05) is 0 Å². The molecule has 0 fully saturated rings. The third-order valence-electron chi connectivity index (χ3n) is 2.80. The van der Waals surface area contributed by atoms with Crippen LogP contribution in [0.3, 0.4) is 0 Å². The minimum atomic E-state index is -3.10. The minimum Gasteiger partial charge on any atom is -0.481 e. The molecule has 92 valence electrons. The Kier molecular flexibility index (Phi) is 3.11. The summed E-state index contributed by atoms with van der Waals surface area (Å²) in [4.78, 5) is 10.3. The van der Waals surface area contributed by atoms with E-state index in [9.17, 15) is 13.6 Å². The Morgan fingerprint density at radius 3 is 2.76 bits per heavy atom. The molecule has 3 nitrogen and oxygen atoms in total. The summed E-state index contributed by atoms with van der Waals surface area (Å²) < 4.78 is 32.5. The Bertz CT molecular complexity index is 443. The maximum absolute atomic E-state index is 13.7. The van der Waals surface area contributed by atoms with Crippen LogP contribution in [-0.2, 0) is 28.7 Å². The lowest BCUT2D eigenvalue weighted by Crippen LogP contribution is -2.15. The Morgan fingerprint density at radius 2 is 2.06 bits per heavy atom. The summed E-state index contributed by atoms with van der Waals surface area (Å²) in [5.41, 5.74) is 1.54. The summed E-state index contributed by atoms with van der Waals surface area (Å²) in [6.45, 7) is 0.800. The maximum atomic E-state index is 13.7. The summed E-state index contributed by atoms with van der Waals surface area (Å²) in [6.07, 6.45) is -1.22. The van der Waals surface area contributed by atoms with Gasteiger partial charge in [-0.2, -0.15) is 0 Å². The van der Waals surface area contributed by atoms with E-state index in [1.54, 1.807) is 6.07 Å². The number of rotatable bonds is 4. The van der Waals surface area contributed by atoms with Crippen LogP contribution >= 0.6 is 0 Å². The maximum Gasteiger partial charge on any atom is 0.303 e. The minimum absolute atomic E-state index is 0.136. The number of fused-ring (bicyclic) bond motifs is 1. The van der Waals surface area contributed by atoms with Crippen molar-refractivity contribution in [3.63, 3.8) is 0 Å². The number of aliphatic carboxylic acids is 1. The normalized spacial score (nSPS) is 14.7. The zero-order valence-corrected chi connectivity index (χ0v) is 9.08. The van der Waals surface area contributed by atoms with Gasteiger partial charge in [-0.25, -0.2) is 8.78 Å². The quantitative estimate of drug-likeness (QED) is 0.882. The van der Waals surface area contributed by atoms with Crippen molar-refractivity contribution in [1.82, 2.24) is 0 Å². The smallest absolute Gasteiger partial charge is 0.303 e. The van der Waals surface area contributed by atoms with Crippen molar-refractivity contribution in [2.45, 2.75) is 32.0 Å². The molecule has 1 aromatic carbocycles. The zero-order chi connectivity index (χ0) is 12.5. The highest BCUT2D eigenvalue weighted by Crippen LogP contribution is 2.35. The molecule has 0 saturated carbocycles. The van der Waals surface area contributed by atoms with Gasteiger partial charge in [-0.3, -0.25) is 4.79 Å². The van der Waals surface area contributed by atoms with Crippen LogP contribution in [0.25, 0.3) is 0 Å². The van der Waals surface area contributed by atoms with Crippen LogP contribution in [0.1, 0.15) is 29.5 Å². The summed E-state index contributed by atoms with van der Waals surface area (Å²) in [5, 5.41) is 8.43. The van der Waals surface area contributed by atoms with Crippen LogP contribution in [0.15, 0.2) is 18.2 Å². The highest BCUT2D eigenvalue weighted by Gasteiger charge is 2.32. The fraction of sp³-hybridized carbons (Fsp3) is 0.417. The van der Waals surface area contributed by atoms with E-state index in [0.717, 1.165) is 11.1 Å². The van der Waals surface area contributed by atoms with Crippen molar-refractivity contribution in [3.8, 4) is 0 Å². The number of benzene rings is 1. The standard InChI is InChI=1S/C12H12F2O3/c13-12(14,4-3-11(15)16)10-2-1-8-6-17-7-9(8)5-10/h1-2,5H,3-4,6-7H2,(H,15,16). The molecule has 0 aromatic heterocycles. The number of halogens is 2. The van der Waals surface area contributed by atoms with Gasteiger partial charge in [0.1, 0.15) is 0 Å². The average molecular weight is 242 g/mol. The lowest BCUT2D eigenvalue weighted by Gasteiger charge is -2.16. The molecule has 1 aliphatic heterocycles. The van der Waals surface area contributed by atoms with Gasteiger partial charge in [-0.05, 0) is 17.2 Å². The van der Waals surface area contributed by atoms with Gasteiger partial charge < -0.3 is 9.84 Å². The van der Waals surface area contributed by atoms with Gasteiger partial charge in [0.25, 0.3) is 5.92 Å². The molecular weight excluding hydrogens is 230 g/mol. The van der Waals surface area contributed by atoms with Crippen molar-refractivity contribution < 1.29 is 23.4 Å². The fourth-order valence-electron chi connectivity index (χ4n) is 1.81. The van der Waals surface area contributed by atoms with Crippen molar-refractivity contribution in [1.29, 1.82) is 0 Å². The zero-order valence-electron chi connectivity index (χ0n) is 9.08. The second kappa shape index (κ2) is 4.41. The van der Waals surface area contributed by atoms with E-state index in [0.29, 0.717) is 13.2 Å². The lowest BCUT2D eigenvalue weighted by atomic mass is 9.99. The molecule has 0 saturated heterocycles. The number of carboxylic acid groups (broad SMARTS) is 1. The van der Waals surface area contributed by atoms with Crippen LogP contribution in [0.2, 0.25) is 0 Å². The van der Waals surface area contributed by atoms with Crippen molar-refractivity contribution in [3.05, 3.63) is 34.9 Å². The van der Waals surface area contributed by atoms with Gasteiger partial charge >= 0.3 is 5.97 Å². The average Bonchev–Trinajstić information content (AvgIpc) is 2.73. The number of alkyl halides is 2. The number of carboxylic acids is 1. The van der Waals surface area contributed by atoms with Crippen LogP contribution in [-0.4, -0.2) is 11.1 Å². The number of hydrogen-bond donors (Lipinski definition) is 1. The molecule has 1 N–H and O–H groups in total. The van der Waals surface area contributed by atoms with E-state index >= 15 is 0 Å². The van der Waals surface area contributed by atoms with Gasteiger partial charge in [0.2, 0.25) is 0 Å². The second-order valence-electron chi connectivity index (χ2n) is 4.07. The molecule has 0 amide bonds. The SMILES string of the molecule is O=C(O)CCC(F)(F)c1ccc2c(c1)COC2. The van der Waals surface area contributed by atoms with E-state index in [-0.39, 0.29) is 5.56 Å². The molecule has 0 radical (unpaired) electrons. The monoisotopic (exact) mass is 242 g/mol. The van der Waals surface area contributed by atoms with Gasteiger partial charge in [0, 0.05) is 12.0 Å². The van der Waals surface area contributed by atoms with Gasteiger partial charge in [0.05, 0.1) is 19.6 Å². The lowest BCUT2D eigenvalue weighted by molar-refractivity contribution is -0.139. The van der Waals surface area contributed by atoms with Gasteiger partial charge in [-0.15, -0.1) is 0 Å². The van der Waals surface area contributed by atoms with Gasteiger partial charge in [-0.1, -0.05) is 12.1 Å². The third-order valence-corrected chi connectivity index (χ3v) is 2.80. The molecule has 17 heavy (non-hydrogen) atoms. The Labute approximate surface area is 97.0 Å². The highest BCUT2D eigenvalue weighted by molar-refractivity contribution is 5.66. The highest BCUT2D eigenvalue weighted by atomic mass is 19.3. The van der Waals surface area contributed by atoms with Crippen LogP contribution < -0.4 is 0 Å². The number of carbonyl (C=O) groups is 1. The van der Waals surface area contributed by atoms with E-state index < -0.39 is 24.7 Å². The topological polar surface area (TPSA) is 46.5 Å². The predicted octanol–water partition coefficient (Wildman–Crippen LogP) is 2.67. The van der Waals surface area contributed by atoms with E-state index in [1.165, 1.54) is 12.1 Å². The van der Waals surface area contributed by atoms with Gasteiger partial charge in [0.15, 0.2) is 0 Å². The largest absolute Gasteiger partial charge is 0.481 e. The second-order valence-corrected chi connectivity index (χ2v) is 4.07. The Balaban J connectivity index is 2.18. The molecule has 0 bridgehead atoms. The fourth-order valence-corrected chi connectivity index (χ4v) is 1.81. The first-order chi connectivity index (χ1) is 7.99. The van der Waals surface area contributed by atoms with Crippen LogP contribution in [0.5, 0.6) is 0 Å². The molecule has 0 aliphatic carbocycles. The van der Waals surface area contributed by atoms with E-state index in [4.69, 9.17) is 9.84 Å². The molecule has 2 rings (SSSR count). The molecule has 5 heteroatoms. The van der Waals surface area contributed by atoms with E-state index in [2.05, 4.69) is 0 Å². The predicted molar refractivity (Wildman–Crippen MR) is 55.7 cm³/mol. The molecule has 0 unspecified atom stereocenters. The molecule has 0 atom stereocenters. The number of hydrogen-bond acceptors (Lipinski definition) is 2. The van der Waals surface area contributed by atoms with Crippen molar-refractivity contribution in [2.24, 2.45) is 0 Å². The third kappa shape index (κ3) is 2.61. The van der Waals surface area contributed by atoms with Crippen molar-refractivity contribution >= 4 is 5.97 Å². The van der Waals surface area contributed by atoms with Crippen LogP contribution in [0, 0.1) is 0 Å². The van der Waals surface area contributed by atoms with Crippen LogP contribution in [0.4, 0.5) is 8.78 Å². The molecule has 1 aliphatic rings. The molecular formula is C12H12F2O3. The Morgan fingerprint density at radius 1 is 1.35 bits per heavy atom. The number of ether oxygens (including phenoxy) is 1. The summed E-state index contributed by atoms with van der Waals surface area (Å²) >= 11 is 0.